The lowest BCUT2D eigenvalue weighted by molar-refractivity contribution is -0.123. The van der Waals surface area contributed by atoms with Gasteiger partial charge in [0.05, 0.1) is 17.6 Å². The fraction of sp³-hybridized carbons (Fsp3) is 0.111. The SMILES string of the molecule is Cc1ccc(OCC(=O)NN)c(-c2ccnn2-c2ccccc2)c1. The molecule has 0 unspecified atom stereocenters. The van der Waals surface area contributed by atoms with Gasteiger partial charge >= 0.3 is 0 Å². The number of aryl methyl sites for hydroxylation is 1. The van der Waals surface area contributed by atoms with Crippen molar-refractivity contribution in [2.75, 3.05) is 6.61 Å². The van der Waals surface area contributed by atoms with Crippen LogP contribution in [-0.4, -0.2) is 22.3 Å². The highest BCUT2D eigenvalue weighted by Gasteiger charge is 2.14. The van der Waals surface area contributed by atoms with Crippen molar-refractivity contribution in [3.63, 3.8) is 0 Å². The van der Waals surface area contributed by atoms with E-state index in [0.717, 1.165) is 22.5 Å². The van der Waals surface area contributed by atoms with Gasteiger partial charge in [0, 0.05) is 5.56 Å². The highest BCUT2D eigenvalue weighted by Crippen LogP contribution is 2.32. The van der Waals surface area contributed by atoms with E-state index in [0.29, 0.717) is 5.75 Å². The summed E-state index contributed by atoms with van der Waals surface area (Å²) in [6, 6.07) is 17.5. The molecule has 3 aromatic rings. The van der Waals surface area contributed by atoms with Crippen molar-refractivity contribution in [2.24, 2.45) is 5.84 Å². The van der Waals surface area contributed by atoms with Crippen molar-refractivity contribution in [3.8, 4) is 22.7 Å². The monoisotopic (exact) mass is 322 g/mol. The molecule has 0 aliphatic heterocycles. The van der Waals surface area contributed by atoms with Gasteiger partial charge in [-0.2, -0.15) is 5.10 Å². The molecular weight excluding hydrogens is 304 g/mol. The summed E-state index contributed by atoms with van der Waals surface area (Å²) in [7, 11) is 0. The molecule has 3 rings (SSSR count). The van der Waals surface area contributed by atoms with E-state index in [1.165, 1.54) is 0 Å². The number of benzene rings is 2. The van der Waals surface area contributed by atoms with Crippen molar-refractivity contribution >= 4 is 5.91 Å². The Balaban J connectivity index is 2.02. The molecule has 1 amide bonds. The van der Waals surface area contributed by atoms with E-state index in [-0.39, 0.29) is 6.61 Å². The van der Waals surface area contributed by atoms with Crippen molar-refractivity contribution in [1.29, 1.82) is 0 Å². The number of nitrogens with one attached hydrogen (secondary N) is 1. The number of hydrogen-bond acceptors (Lipinski definition) is 4. The molecule has 24 heavy (non-hydrogen) atoms. The van der Waals surface area contributed by atoms with Crippen LogP contribution in [0.5, 0.6) is 5.75 Å². The van der Waals surface area contributed by atoms with Crippen LogP contribution >= 0.6 is 0 Å². The van der Waals surface area contributed by atoms with E-state index in [1.54, 1.807) is 6.20 Å². The first-order valence-corrected chi connectivity index (χ1v) is 7.52. The third-order valence-electron chi connectivity index (χ3n) is 3.57. The Hall–Kier alpha value is -3.12. The number of hydrogen-bond donors (Lipinski definition) is 2. The van der Waals surface area contributed by atoms with Gasteiger partial charge in [0.25, 0.3) is 5.91 Å². The molecule has 0 spiro atoms. The molecule has 0 bridgehead atoms. The second-order valence-electron chi connectivity index (χ2n) is 5.32. The van der Waals surface area contributed by atoms with Gasteiger partial charge in [-0.25, -0.2) is 10.5 Å². The average molecular weight is 322 g/mol. The van der Waals surface area contributed by atoms with E-state index >= 15 is 0 Å². The van der Waals surface area contributed by atoms with Gasteiger partial charge in [-0.3, -0.25) is 10.2 Å². The Bertz CT molecular complexity index is 843. The molecule has 6 heteroatoms. The Kier molecular flexibility index (Phi) is 4.58. The molecule has 2 aromatic carbocycles. The second-order valence-corrected chi connectivity index (χ2v) is 5.32. The van der Waals surface area contributed by atoms with Gasteiger partial charge in [-0.05, 0) is 37.3 Å². The van der Waals surface area contributed by atoms with Crippen LogP contribution in [0.2, 0.25) is 0 Å². The summed E-state index contributed by atoms with van der Waals surface area (Å²) in [6.45, 7) is 1.86. The summed E-state index contributed by atoms with van der Waals surface area (Å²) in [5, 5.41) is 4.41. The van der Waals surface area contributed by atoms with E-state index < -0.39 is 5.91 Å². The van der Waals surface area contributed by atoms with Gasteiger partial charge in [-0.15, -0.1) is 0 Å². The predicted octanol–water partition coefficient (Wildman–Crippen LogP) is 2.22. The highest BCUT2D eigenvalue weighted by atomic mass is 16.5. The van der Waals surface area contributed by atoms with Crippen molar-refractivity contribution in [1.82, 2.24) is 15.2 Å². The van der Waals surface area contributed by atoms with E-state index in [9.17, 15) is 4.79 Å². The Morgan fingerprint density at radius 3 is 2.75 bits per heavy atom. The third-order valence-corrected chi connectivity index (χ3v) is 3.57. The lowest BCUT2D eigenvalue weighted by Crippen LogP contribution is -2.34. The van der Waals surface area contributed by atoms with Gasteiger partial charge in [-0.1, -0.05) is 29.8 Å². The van der Waals surface area contributed by atoms with Crippen LogP contribution in [0, 0.1) is 6.92 Å². The topological polar surface area (TPSA) is 82.2 Å². The fourth-order valence-electron chi connectivity index (χ4n) is 2.44. The van der Waals surface area contributed by atoms with Crippen LogP contribution < -0.4 is 16.0 Å². The Morgan fingerprint density at radius 1 is 1.21 bits per heavy atom. The molecule has 1 aromatic heterocycles. The van der Waals surface area contributed by atoms with Crippen molar-refractivity contribution < 1.29 is 9.53 Å². The minimum absolute atomic E-state index is 0.147. The molecule has 0 saturated heterocycles. The summed E-state index contributed by atoms with van der Waals surface area (Å²) >= 11 is 0. The number of nitrogens with zero attached hydrogens (tertiary/aromatic N) is 2. The number of rotatable bonds is 5. The minimum atomic E-state index is -0.391. The van der Waals surface area contributed by atoms with Gasteiger partial charge in [0.15, 0.2) is 6.61 Å². The summed E-state index contributed by atoms with van der Waals surface area (Å²) in [5.41, 5.74) is 5.83. The molecule has 0 saturated carbocycles. The predicted molar refractivity (Wildman–Crippen MR) is 91.6 cm³/mol. The summed E-state index contributed by atoms with van der Waals surface area (Å²) in [5.74, 6) is 5.31. The minimum Gasteiger partial charge on any atom is -0.483 e. The van der Waals surface area contributed by atoms with Crippen LogP contribution in [0.3, 0.4) is 0 Å². The largest absolute Gasteiger partial charge is 0.483 e. The van der Waals surface area contributed by atoms with Crippen LogP contribution in [0.25, 0.3) is 16.9 Å². The maximum atomic E-state index is 11.4. The van der Waals surface area contributed by atoms with E-state index in [1.807, 2.05) is 66.2 Å². The van der Waals surface area contributed by atoms with Crippen LogP contribution in [0.15, 0.2) is 60.8 Å². The average Bonchev–Trinajstić information content (AvgIpc) is 3.10. The van der Waals surface area contributed by atoms with E-state index in [2.05, 4.69) is 10.5 Å². The quantitative estimate of drug-likeness (QED) is 0.429. The lowest BCUT2D eigenvalue weighted by Gasteiger charge is -2.13. The van der Waals surface area contributed by atoms with Crippen LogP contribution in [0.1, 0.15) is 5.56 Å². The Morgan fingerprint density at radius 2 is 2.00 bits per heavy atom. The molecule has 0 radical (unpaired) electrons. The smallest absolute Gasteiger partial charge is 0.271 e. The van der Waals surface area contributed by atoms with Gasteiger partial charge in [0.2, 0.25) is 0 Å². The lowest BCUT2D eigenvalue weighted by atomic mass is 10.1. The standard InChI is InChI=1S/C18H18N4O2/c1-13-7-8-17(24-12-18(23)21-19)15(11-13)16-9-10-20-22(16)14-5-3-2-4-6-14/h2-11H,12,19H2,1H3,(H,21,23). The van der Waals surface area contributed by atoms with Crippen molar-refractivity contribution in [2.45, 2.75) is 6.92 Å². The van der Waals surface area contributed by atoms with Gasteiger partial charge in [0.1, 0.15) is 5.75 Å². The number of carbonyl (C=O) groups is 1. The molecule has 0 fully saturated rings. The maximum absolute atomic E-state index is 11.4. The second kappa shape index (κ2) is 6.97. The molecule has 1 heterocycles. The van der Waals surface area contributed by atoms with Crippen LogP contribution in [-0.2, 0) is 4.79 Å². The number of carbonyl (C=O) groups excluding carboxylic acids is 1. The van der Waals surface area contributed by atoms with Crippen molar-refractivity contribution in [3.05, 3.63) is 66.4 Å². The summed E-state index contributed by atoms with van der Waals surface area (Å²) in [6.07, 6.45) is 1.74. The third kappa shape index (κ3) is 3.28. The molecule has 0 atom stereocenters. The first kappa shape index (κ1) is 15.8. The summed E-state index contributed by atoms with van der Waals surface area (Å²) in [4.78, 5) is 11.4. The molecule has 0 aliphatic carbocycles. The number of hydrazine groups is 1. The first-order valence-electron chi connectivity index (χ1n) is 7.52. The highest BCUT2D eigenvalue weighted by molar-refractivity contribution is 5.77. The Labute approximate surface area is 139 Å². The molecule has 3 N–H and O–H groups in total. The van der Waals surface area contributed by atoms with E-state index in [4.69, 9.17) is 10.6 Å². The number of aromatic nitrogens is 2. The zero-order valence-electron chi connectivity index (χ0n) is 13.3. The number of nitrogens with two attached hydrogens (primary N) is 1. The zero-order chi connectivity index (χ0) is 16.9. The fourth-order valence-corrected chi connectivity index (χ4v) is 2.44. The molecular formula is C18H18N4O2. The normalized spacial score (nSPS) is 10.4. The number of ether oxygens (including phenoxy) is 1. The number of amides is 1. The molecule has 122 valence electrons. The van der Waals surface area contributed by atoms with Gasteiger partial charge < -0.3 is 4.74 Å². The zero-order valence-corrected chi connectivity index (χ0v) is 13.3. The maximum Gasteiger partial charge on any atom is 0.271 e. The molecule has 0 aliphatic rings. The molecule has 6 nitrogen and oxygen atoms in total. The number of para-hydroxylation sites is 1. The summed E-state index contributed by atoms with van der Waals surface area (Å²) < 4.78 is 7.46. The first-order chi connectivity index (χ1) is 11.7. The van der Waals surface area contributed by atoms with Crippen LogP contribution in [0.4, 0.5) is 0 Å².